The molecule has 31 heavy (non-hydrogen) atoms. The minimum absolute atomic E-state index is 0.165. The molecule has 0 heterocycles. The number of amides is 1. The molecule has 1 amide bonds. The van der Waals surface area contributed by atoms with Crippen molar-refractivity contribution in [3.63, 3.8) is 0 Å². The van der Waals surface area contributed by atoms with Gasteiger partial charge in [-0.2, -0.15) is 0 Å². The Labute approximate surface area is 185 Å². The number of carbonyl (C=O) groups excluding carboxylic acids is 1. The van der Waals surface area contributed by atoms with Crippen molar-refractivity contribution in [2.24, 2.45) is 0 Å². The minimum atomic E-state index is -0.570. The summed E-state index contributed by atoms with van der Waals surface area (Å²) in [7, 11) is 0. The van der Waals surface area contributed by atoms with Gasteiger partial charge in [-0.1, -0.05) is 75.4 Å². The highest BCUT2D eigenvalue weighted by Gasteiger charge is 2.21. The molecule has 0 aliphatic heterocycles. The molecule has 0 fully saturated rings. The molecule has 0 aromatic heterocycles. The highest BCUT2D eigenvalue weighted by atomic mass is 16.5. The summed E-state index contributed by atoms with van der Waals surface area (Å²) in [5.41, 5.74) is 2.91. The number of nitrogens with one attached hydrogen (secondary N) is 1. The van der Waals surface area contributed by atoms with Crippen LogP contribution in [0.2, 0.25) is 0 Å². The van der Waals surface area contributed by atoms with Crippen molar-refractivity contribution in [3.8, 4) is 11.5 Å². The Balaban J connectivity index is 1.65. The maximum absolute atomic E-state index is 12.9. The molecule has 0 radical (unpaired) electrons. The fourth-order valence-electron chi connectivity index (χ4n) is 3.32. The normalized spacial score (nSPS) is 12.6. The Hall–Kier alpha value is -3.27. The van der Waals surface area contributed by atoms with E-state index >= 15 is 0 Å². The molecule has 2 unspecified atom stereocenters. The second-order valence-corrected chi connectivity index (χ2v) is 7.65. The number of benzene rings is 3. The average molecular weight is 418 g/mol. The smallest absolute Gasteiger partial charge is 0.265 e. The molecule has 1 N–H and O–H groups in total. The number of hydrogen-bond donors (Lipinski definition) is 1. The molecule has 0 saturated carbocycles. The molecular weight excluding hydrogens is 386 g/mol. The molecule has 3 aromatic rings. The van der Waals surface area contributed by atoms with Crippen LogP contribution in [0.25, 0.3) is 0 Å². The van der Waals surface area contributed by atoms with Crippen molar-refractivity contribution in [2.75, 3.05) is 5.32 Å². The van der Waals surface area contributed by atoms with Gasteiger partial charge in [-0.3, -0.25) is 4.79 Å². The zero-order chi connectivity index (χ0) is 22.1. The van der Waals surface area contributed by atoms with Crippen LogP contribution in [0.3, 0.4) is 0 Å². The van der Waals surface area contributed by atoms with Crippen molar-refractivity contribution >= 4 is 11.6 Å². The summed E-state index contributed by atoms with van der Waals surface area (Å²) in [6.45, 7) is 6.75. The Morgan fingerprint density at radius 1 is 0.903 bits per heavy atom. The maximum Gasteiger partial charge on any atom is 0.265 e. The monoisotopic (exact) mass is 417 g/mol. The van der Waals surface area contributed by atoms with Gasteiger partial charge in [-0.05, 0) is 48.1 Å². The fraction of sp³-hybridized carbons (Fsp3) is 0.296. The predicted octanol–water partition coefficient (Wildman–Crippen LogP) is 6.58. The van der Waals surface area contributed by atoms with E-state index in [1.54, 1.807) is 0 Å². The first-order chi connectivity index (χ1) is 15.1. The molecule has 0 bridgehead atoms. The number of rotatable bonds is 10. The largest absolute Gasteiger partial charge is 0.489 e. The van der Waals surface area contributed by atoms with Crippen LogP contribution >= 0.6 is 0 Å². The van der Waals surface area contributed by atoms with E-state index in [4.69, 9.17) is 9.47 Å². The second kappa shape index (κ2) is 11.2. The lowest BCUT2D eigenvalue weighted by Gasteiger charge is -2.21. The van der Waals surface area contributed by atoms with Gasteiger partial charge >= 0.3 is 0 Å². The van der Waals surface area contributed by atoms with Crippen LogP contribution in [0.4, 0.5) is 5.69 Å². The Bertz CT molecular complexity index is 971. The van der Waals surface area contributed by atoms with Crippen LogP contribution in [0.15, 0.2) is 78.9 Å². The second-order valence-electron chi connectivity index (χ2n) is 7.65. The van der Waals surface area contributed by atoms with Crippen molar-refractivity contribution in [1.29, 1.82) is 0 Å². The lowest BCUT2D eigenvalue weighted by molar-refractivity contribution is -0.122. The zero-order valence-electron chi connectivity index (χ0n) is 18.5. The predicted molar refractivity (Wildman–Crippen MR) is 126 cm³/mol. The van der Waals surface area contributed by atoms with Gasteiger partial charge < -0.3 is 14.8 Å². The van der Waals surface area contributed by atoms with Crippen molar-refractivity contribution in [1.82, 2.24) is 0 Å². The van der Waals surface area contributed by atoms with E-state index in [2.05, 4.69) is 25.2 Å². The first-order valence-electron chi connectivity index (χ1n) is 10.9. The molecule has 3 aromatic carbocycles. The van der Waals surface area contributed by atoms with Gasteiger partial charge in [0, 0.05) is 11.8 Å². The standard InChI is InChI=1S/C27H31NO3/c1-4-20(3)24-16-9-10-17-26(24)31-25(5-2)27(29)28-22-14-11-15-23(18-22)30-19-21-12-7-6-8-13-21/h6-18,20,25H,4-5,19H2,1-3H3,(H,28,29). The van der Waals surface area contributed by atoms with Crippen molar-refractivity contribution in [3.05, 3.63) is 90.0 Å². The Morgan fingerprint density at radius 3 is 2.39 bits per heavy atom. The molecule has 0 aliphatic rings. The van der Waals surface area contributed by atoms with Gasteiger partial charge in [0.05, 0.1) is 0 Å². The number of hydrogen-bond acceptors (Lipinski definition) is 3. The van der Waals surface area contributed by atoms with Gasteiger partial charge in [0.15, 0.2) is 6.10 Å². The average Bonchev–Trinajstić information content (AvgIpc) is 2.81. The third-order valence-electron chi connectivity index (χ3n) is 5.34. The third kappa shape index (κ3) is 6.35. The molecule has 162 valence electrons. The number of ether oxygens (including phenoxy) is 2. The third-order valence-corrected chi connectivity index (χ3v) is 5.34. The number of carbonyl (C=O) groups is 1. The molecule has 4 heteroatoms. The lowest BCUT2D eigenvalue weighted by atomic mass is 9.98. The van der Waals surface area contributed by atoms with E-state index in [1.165, 1.54) is 0 Å². The van der Waals surface area contributed by atoms with Gasteiger partial charge in [-0.25, -0.2) is 0 Å². The Kier molecular flexibility index (Phi) is 8.11. The highest BCUT2D eigenvalue weighted by Crippen LogP contribution is 2.29. The highest BCUT2D eigenvalue weighted by molar-refractivity contribution is 5.94. The number of anilines is 1. The molecule has 0 saturated heterocycles. The summed E-state index contributed by atoms with van der Waals surface area (Å²) >= 11 is 0. The first kappa shape index (κ1) is 22.4. The summed E-state index contributed by atoms with van der Waals surface area (Å²) in [5.74, 6) is 1.69. The Morgan fingerprint density at radius 2 is 1.65 bits per heavy atom. The molecule has 0 aliphatic carbocycles. The van der Waals surface area contributed by atoms with E-state index < -0.39 is 6.10 Å². The lowest BCUT2D eigenvalue weighted by Crippen LogP contribution is -2.32. The van der Waals surface area contributed by atoms with E-state index in [0.717, 1.165) is 23.3 Å². The van der Waals surface area contributed by atoms with Gasteiger partial charge in [0.1, 0.15) is 18.1 Å². The van der Waals surface area contributed by atoms with E-state index in [1.807, 2.05) is 79.7 Å². The summed E-state index contributed by atoms with van der Waals surface area (Å²) in [6.07, 6.45) is 1.02. The van der Waals surface area contributed by atoms with Crippen molar-refractivity contribution in [2.45, 2.75) is 52.2 Å². The molecular formula is C27H31NO3. The van der Waals surface area contributed by atoms with Crippen LogP contribution in [0.5, 0.6) is 11.5 Å². The van der Waals surface area contributed by atoms with Gasteiger partial charge in [0.2, 0.25) is 0 Å². The van der Waals surface area contributed by atoms with Crippen LogP contribution in [-0.4, -0.2) is 12.0 Å². The zero-order valence-corrected chi connectivity index (χ0v) is 18.5. The van der Waals surface area contributed by atoms with Crippen LogP contribution in [0.1, 0.15) is 50.7 Å². The fourth-order valence-corrected chi connectivity index (χ4v) is 3.32. The summed E-state index contributed by atoms with van der Waals surface area (Å²) in [6, 6.07) is 25.4. The molecule has 3 rings (SSSR count). The van der Waals surface area contributed by atoms with Crippen molar-refractivity contribution < 1.29 is 14.3 Å². The van der Waals surface area contributed by atoms with Crippen LogP contribution in [-0.2, 0) is 11.4 Å². The van der Waals surface area contributed by atoms with Crippen LogP contribution < -0.4 is 14.8 Å². The molecule has 4 nitrogen and oxygen atoms in total. The van der Waals surface area contributed by atoms with Crippen LogP contribution in [0, 0.1) is 0 Å². The quantitative estimate of drug-likeness (QED) is 0.405. The molecule has 2 atom stereocenters. The summed E-state index contributed by atoms with van der Waals surface area (Å²) in [4.78, 5) is 12.9. The molecule has 0 spiro atoms. The van der Waals surface area contributed by atoms with Gasteiger partial charge in [-0.15, -0.1) is 0 Å². The summed E-state index contributed by atoms with van der Waals surface area (Å²) in [5, 5.41) is 2.97. The summed E-state index contributed by atoms with van der Waals surface area (Å²) < 4.78 is 12.0. The van der Waals surface area contributed by atoms with E-state index in [9.17, 15) is 4.79 Å². The minimum Gasteiger partial charge on any atom is -0.489 e. The van der Waals surface area contributed by atoms with Gasteiger partial charge in [0.25, 0.3) is 5.91 Å². The SMILES string of the molecule is CCC(Oc1ccccc1C(C)CC)C(=O)Nc1cccc(OCc2ccccc2)c1. The number of para-hydroxylation sites is 1. The van der Waals surface area contributed by atoms with E-state index in [-0.39, 0.29) is 5.91 Å². The first-order valence-corrected chi connectivity index (χ1v) is 10.9. The van der Waals surface area contributed by atoms with E-state index in [0.29, 0.717) is 30.4 Å². The topological polar surface area (TPSA) is 47.6 Å². The maximum atomic E-state index is 12.9.